The van der Waals surface area contributed by atoms with E-state index in [0.29, 0.717) is 5.92 Å². The van der Waals surface area contributed by atoms with Crippen molar-refractivity contribution in [1.29, 1.82) is 0 Å². The zero-order chi connectivity index (χ0) is 12.0. The van der Waals surface area contributed by atoms with Crippen molar-refractivity contribution >= 4 is 46.3 Å². The number of thioether (sulfide) groups is 1. The molecular formula is C11H15Cl2NS2. The Hall–Kier alpha value is 0.560. The molecule has 1 aromatic heterocycles. The third-order valence-corrected chi connectivity index (χ3v) is 5.72. The highest BCUT2D eigenvalue weighted by atomic mass is 35.5. The molecule has 1 atom stereocenters. The van der Waals surface area contributed by atoms with Crippen molar-refractivity contribution in [2.24, 2.45) is 5.92 Å². The molecule has 0 saturated heterocycles. The third-order valence-electron chi connectivity index (χ3n) is 2.62. The van der Waals surface area contributed by atoms with Gasteiger partial charge in [-0.3, -0.25) is 0 Å². The summed E-state index contributed by atoms with van der Waals surface area (Å²) >= 11 is 15.5. The molecule has 0 aromatic carbocycles. The van der Waals surface area contributed by atoms with E-state index in [0.717, 1.165) is 16.5 Å². The predicted octanol–water partition coefficient (Wildman–Crippen LogP) is 4.73. The zero-order valence-electron chi connectivity index (χ0n) is 9.59. The summed E-state index contributed by atoms with van der Waals surface area (Å²) < 4.78 is 0.665. The van der Waals surface area contributed by atoms with Gasteiger partial charge in [-0.1, -0.05) is 32.5 Å². The Morgan fingerprint density at radius 1 is 1.56 bits per heavy atom. The van der Waals surface area contributed by atoms with Gasteiger partial charge in [-0.15, -0.1) is 34.5 Å². The first-order valence-electron chi connectivity index (χ1n) is 5.26. The second kappa shape index (κ2) is 4.34. The van der Waals surface area contributed by atoms with Gasteiger partial charge in [-0.05, 0) is 6.42 Å². The molecule has 1 fully saturated rings. The van der Waals surface area contributed by atoms with E-state index >= 15 is 0 Å². The van der Waals surface area contributed by atoms with Crippen LogP contribution in [-0.2, 0) is 5.41 Å². The Bertz CT molecular complexity index is 382. The Labute approximate surface area is 115 Å². The molecule has 0 aliphatic heterocycles. The average Bonchev–Trinajstić information content (AvgIpc) is 2.63. The van der Waals surface area contributed by atoms with Crippen molar-refractivity contribution < 1.29 is 0 Å². The molecular weight excluding hydrogens is 281 g/mol. The maximum Gasteiger partial charge on any atom is 0.150 e. The molecule has 0 amide bonds. The fraction of sp³-hybridized carbons (Fsp3) is 0.727. The van der Waals surface area contributed by atoms with Crippen LogP contribution < -0.4 is 0 Å². The van der Waals surface area contributed by atoms with Crippen LogP contribution in [0.15, 0.2) is 9.72 Å². The minimum absolute atomic E-state index is 0.137. The lowest BCUT2D eigenvalue weighted by molar-refractivity contribution is 0.569. The van der Waals surface area contributed by atoms with Gasteiger partial charge in [0.2, 0.25) is 0 Å². The van der Waals surface area contributed by atoms with Crippen LogP contribution >= 0.6 is 46.3 Å². The Morgan fingerprint density at radius 2 is 2.19 bits per heavy atom. The van der Waals surface area contributed by atoms with Crippen LogP contribution in [0.25, 0.3) is 0 Å². The number of hydrogen-bond acceptors (Lipinski definition) is 3. The molecule has 1 saturated carbocycles. The van der Waals surface area contributed by atoms with E-state index in [4.69, 9.17) is 23.2 Å². The third kappa shape index (κ3) is 3.06. The van der Waals surface area contributed by atoms with Crippen molar-refractivity contribution in [2.45, 2.75) is 41.3 Å². The van der Waals surface area contributed by atoms with Crippen LogP contribution in [0.5, 0.6) is 0 Å². The van der Waals surface area contributed by atoms with Gasteiger partial charge in [0.25, 0.3) is 0 Å². The highest BCUT2D eigenvalue weighted by Gasteiger charge is 2.51. The topological polar surface area (TPSA) is 12.9 Å². The predicted molar refractivity (Wildman–Crippen MR) is 74.1 cm³/mol. The van der Waals surface area contributed by atoms with Gasteiger partial charge in [0.15, 0.2) is 0 Å². The number of rotatable bonds is 3. The van der Waals surface area contributed by atoms with Crippen LogP contribution in [0.2, 0.25) is 0 Å². The maximum atomic E-state index is 5.99. The standard InChI is InChI=1S/C11H15Cl2NS2/c1-10(2,3)8-6-16-9(14-8)15-5-7-4-11(7,12)13/h6-7H,4-5H2,1-3H3. The second-order valence-corrected chi connectivity index (χ2v) is 8.89. The summed E-state index contributed by atoms with van der Waals surface area (Å²) in [5, 5.41) is 2.14. The fourth-order valence-electron chi connectivity index (χ4n) is 1.29. The van der Waals surface area contributed by atoms with Gasteiger partial charge in [-0.25, -0.2) is 4.98 Å². The van der Waals surface area contributed by atoms with Crippen molar-refractivity contribution in [3.8, 4) is 0 Å². The highest BCUT2D eigenvalue weighted by molar-refractivity contribution is 8.01. The van der Waals surface area contributed by atoms with Crippen LogP contribution in [-0.4, -0.2) is 15.1 Å². The minimum Gasteiger partial charge on any atom is -0.234 e. The van der Waals surface area contributed by atoms with Crippen LogP contribution in [0.3, 0.4) is 0 Å². The van der Waals surface area contributed by atoms with Crippen LogP contribution in [0, 0.1) is 5.92 Å². The van der Waals surface area contributed by atoms with Gasteiger partial charge in [-0.2, -0.15) is 0 Å². The summed E-state index contributed by atoms with van der Waals surface area (Å²) in [5.41, 5.74) is 1.30. The molecule has 1 heterocycles. The monoisotopic (exact) mass is 295 g/mol. The molecule has 1 aromatic rings. The van der Waals surface area contributed by atoms with Gasteiger partial charge in [0, 0.05) is 22.5 Å². The van der Waals surface area contributed by atoms with E-state index in [-0.39, 0.29) is 5.41 Å². The molecule has 0 radical (unpaired) electrons. The number of halogens is 2. The first-order valence-corrected chi connectivity index (χ1v) is 7.88. The maximum absolute atomic E-state index is 5.99. The first kappa shape index (κ1) is 13.0. The molecule has 1 unspecified atom stereocenters. The molecule has 1 aliphatic carbocycles. The number of hydrogen-bond donors (Lipinski definition) is 0. The van der Waals surface area contributed by atoms with E-state index in [1.807, 2.05) is 0 Å². The largest absolute Gasteiger partial charge is 0.234 e. The summed E-state index contributed by atoms with van der Waals surface area (Å²) in [6.45, 7) is 6.54. The lowest BCUT2D eigenvalue weighted by Gasteiger charge is -2.14. The Morgan fingerprint density at radius 3 is 2.62 bits per heavy atom. The number of nitrogens with zero attached hydrogens (tertiary/aromatic N) is 1. The summed E-state index contributed by atoms with van der Waals surface area (Å²) in [4.78, 5) is 4.62. The minimum atomic E-state index is -0.461. The first-order chi connectivity index (χ1) is 7.29. The van der Waals surface area contributed by atoms with E-state index < -0.39 is 4.33 Å². The van der Waals surface area contributed by atoms with Gasteiger partial charge in [0.05, 0.1) is 5.69 Å². The SMILES string of the molecule is CC(C)(C)c1csc(SCC2CC2(Cl)Cl)n1. The van der Waals surface area contributed by atoms with Crippen molar-refractivity contribution in [3.63, 3.8) is 0 Å². The van der Waals surface area contributed by atoms with Crippen molar-refractivity contribution in [1.82, 2.24) is 4.98 Å². The molecule has 0 spiro atoms. The molecule has 90 valence electrons. The quantitative estimate of drug-likeness (QED) is 0.591. The second-order valence-electron chi connectivity index (χ2n) is 5.22. The Kier molecular flexibility index (Phi) is 3.53. The molecule has 5 heteroatoms. The normalized spacial score (nSPS) is 23.4. The smallest absolute Gasteiger partial charge is 0.150 e. The van der Waals surface area contributed by atoms with E-state index in [1.165, 1.54) is 5.69 Å². The average molecular weight is 296 g/mol. The summed E-state index contributed by atoms with van der Waals surface area (Å²) in [6.07, 6.45) is 0.917. The van der Waals surface area contributed by atoms with Gasteiger partial charge < -0.3 is 0 Å². The number of alkyl halides is 2. The van der Waals surface area contributed by atoms with Gasteiger partial charge in [0.1, 0.15) is 8.67 Å². The zero-order valence-corrected chi connectivity index (χ0v) is 12.7. The molecule has 16 heavy (non-hydrogen) atoms. The molecule has 0 bridgehead atoms. The highest BCUT2D eigenvalue weighted by Crippen LogP contribution is 2.55. The van der Waals surface area contributed by atoms with Crippen LogP contribution in [0.4, 0.5) is 0 Å². The fourth-order valence-corrected chi connectivity index (χ4v) is 4.30. The molecule has 1 aliphatic rings. The molecule has 1 nitrogen and oxygen atoms in total. The lowest BCUT2D eigenvalue weighted by Crippen LogP contribution is -2.11. The van der Waals surface area contributed by atoms with E-state index in [9.17, 15) is 0 Å². The number of aromatic nitrogens is 1. The molecule has 2 rings (SSSR count). The van der Waals surface area contributed by atoms with Gasteiger partial charge >= 0.3 is 0 Å². The van der Waals surface area contributed by atoms with Crippen molar-refractivity contribution in [3.05, 3.63) is 11.1 Å². The van der Waals surface area contributed by atoms with E-state index in [2.05, 4.69) is 31.1 Å². The molecule has 0 N–H and O–H groups in total. The Balaban J connectivity index is 1.89. The lowest BCUT2D eigenvalue weighted by atomic mass is 9.93. The number of thiazole rings is 1. The van der Waals surface area contributed by atoms with Crippen LogP contribution in [0.1, 0.15) is 32.9 Å². The summed E-state index contributed by atoms with van der Waals surface area (Å²) in [7, 11) is 0. The summed E-state index contributed by atoms with van der Waals surface area (Å²) in [5.74, 6) is 1.41. The van der Waals surface area contributed by atoms with E-state index in [1.54, 1.807) is 23.1 Å². The van der Waals surface area contributed by atoms with Crippen molar-refractivity contribution in [2.75, 3.05) is 5.75 Å². The summed E-state index contributed by atoms with van der Waals surface area (Å²) in [6, 6.07) is 0.